The molecular formula is C30H32Cl2N4O6. The molecule has 1 saturated heterocycles. The molecule has 222 valence electrons. The van der Waals surface area contributed by atoms with Gasteiger partial charge in [0.25, 0.3) is 0 Å². The molecule has 1 fully saturated rings. The summed E-state index contributed by atoms with van der Waals surface area (Å²) in [5.74, 6) is -0.203. The molecule has 0 radical (unpaired) electrons. The zero-order chi connectivity index (χ0) is 29.6. The van der Waals surface area contributed by atoms with Crippen LogP contribution in [0.25, 0.3) is 0 Å². The van der Waals surface area contributed by atoms with Crippen LogP contribution in [-0.2, 0) is 32.1 Å². The van der Waals surface area contributed by atoms with Crippen LogP contribution >= 0.6 is 24.0 Å². The van der Waals surface area contributed by atoms with E-state index in [1.165, 1.54) is 0 Å². The number of ether oxygens (including phenoxy) is 2. The van der Waals surface area contributed by atoms with Crippen LogP contribution in [0.1, 0.15) is 40.7 Å². The molecule has 3 aromatic carbocycles. The maximum atomic E-state index is 13.3. The summed E-state index contributed by atoms with van der Waals surface area (Å²) in [6.45, 7) is 1.89. The molecule has 1 aliphatic heterocycles. The first-order valence-electron chi connectivity index (χ1n) is 12.9. The minimum Gasteiger partial charge on any atom is -0.423 e. The van der Waals surface area contributed by atoms with Crippen molar-refractivity contribution in [2.24, 2.45) is 16.5 Å². The topological polar surface area (TPSA) is 154 Å². The van der Waals surface area contributed by atoms with Crippen LogP contribution in [0.3, 0.4) is 0 Å². The lowest BCUT2D eigenvalue weighted by Gasteiger charge is -2.34. The summed E-state index contributed by atoms with van der Waals surface area (Å²) in [5, 5.41) is 0.437. The van der Waals surface area contributed by atoms with Gasteiger partial charge in [-0.1, -0.05) is 48.0 Å². The second-order valence-corrected chi connectivity index (χ2v) is 9.57. The fourth-order valence-corrected chi connectivity index (χ4v) is 4.63. The highest BCUT2D eigenvalue weighted by molar-refractivity contribution is 6.31. The van der Waals surface area contributed by atoms with E-state index in [0.717, 1.165) is 24.0 Å². The number of benzene rings is 3. The summed E-state index contributed by atoms with van der Waals surface area (Å²) in [6, 6.07) is 21.6. The Morgan fingerprint density at radius 2 is 1.64 bits per heavy atom. The largest absolute Gasteiger partial charge is 0.423 e. The van der Waals surface area contributed by atoms with Crippen molar-refractivity contribution in [3.05, 3.63) is 94.5 Å². The number of rotatable bonds is 9. The SMILES string of the molecule is Cl.NC(N)=Nc1ccc(C(=O)Oc2ccc(CCC(=O)N(Cc3ccccc3)C3CCOCC3)c(Cl)c2)cc1.O=C=O. The Bertz CT molecular complexity index is 1370. The lowest BCUT2D eigenvalue weighted by molar-refractivity contribution is -0.191. The Hall–Kier alpha value is -4.21. The zero-order valence-electron chi connectivity index (χ0n) is 22.7. The average molecular weight is 616 g/mol. The van der Waals surface area contributed by atoms with E-state index >= 15 is 0 Å². The first-order chi connectivity index (χ1) is 19.8. The molecule has 1 amide bonds. The molecule has 4 rings (SSSR count). The summed E-state index contributed by atoms with van der Waals surface area (Å²) < 4.78 is 11.0. The minimum absolute atomic E-state index is 0. The summed E-state index contributed by atoms with van der Waals surface area (Å²) in [6.07, 6.45) is 2.71. The number of guanidine groups is 1. The maximum absolute atomic E-state index is 13.3. The van der Waals surface area contributed by atoms with Gasteiger partial charge in [-0.15, -0.1) is 12.4 Å². The van der Waals surface area contributed by atoms with Gasteiger partial charge in [-0.2, -0.15) is 9.59 Å². The first-order valence-corrected chi connectivity index (χ1v) is 13.3. The molecule has 0 aromatic heterocycles. The highest BCUT2D eigenvalue weighted by atomic mass is 35.5. The number of carbonyl (C=O) groups excluding carboxylic acids is 4. The Morgan fingerprint density at radius 3 is 2.24 bits per heavy atom. The third-order valence-electron chi connectivity index (χ3n) is 6.35. The van der Waals surface area contributed by atoms with Crippen LogP contribution in [0.5, 0.6) is 5.75 Å². The molecule has 0 spiro atoms. The minimum atomic E-state index is -0.534. The molecule has 12 heteroatoms. The summed E-state index contributed by atoms with van der Waals surface area (Å²) >= 11 is 6.50. The molecule has 0 atom stereocenters. The van der Waals surface area contributed by atoms with Gasteiger partial charge in [-0.05, 0) is 66.8 Å². The molecule has 0 saturated carbocycles. The predicted molar refractivity (Wildman–Crippen MR) is 160 cm³/mol. The van der Waals surface area contributed by atoms with Crippen LogP contribution in [0, 0.1) is 0 Å². The second kappa shape index (κ2) is 17.6. The molecule has 1 aliphatic rings. The highest BCUT2D eigenvalue weighted by Crippen LogP contribution is 2.26. The standard InChI is InChI=1S/C29H31ClN4O4.CO2.ClH/c30-26-18-25(38-28(36)22-6-10-23(11-7-22)33-29(31)32)12-8-21(26)9-13-27(35)34(24-14-16-37-17-15-24)19-20-4-2-1-3-5-20;2-1-3;/h1-8,10-12,18,24H,9,13-17,19H2,(H4,31,32,33);;1H. The van der Waals surface area contributed by atoms with Crippen molar-refractivity contribution >= 4 is 53.7 Å². The number of esters is 1. The monoisotopic (exact) mass is 614 g/mol. The number of aryl methyl sites for hydroxylation is 1. The van der Waals surface area contributed by atoms with E-state index in [1.807, 2.05) is 35.2 Å². The molecular weight excluding hydrogens is 583 g/mol. The number of nitrogens with two attached hydrogens (primary N) is 2. The number of hydrogen-bond donors (Lipinski definition) is 2. The number of halogens is 2. The van der Waals surface area contributed by atoms with Gasteiger partial charge in [0, 0.05) is 37.2 Å². The van der Waals surface area contributed by atoms with Gasteiger partial charge in [0.15, 0.2) is 5.96 Å². The Kier molecular flexibility index (Phi) is 14.2. The van der Waals surface area contributed by atoms with Gasteiger partial charge in [-0.3, -0.25) is 4.79 Å². The lowest BCUT2D eigenvalue weighted by Crippen LogP contribution is -2.43. The van der Waals surface area contributed by atoms with Crippen molar-refractivity contribution in [3.63, 3.8) is 0 Å². The van der Waals surface area contributed by atoms with Crippen molar-refractivity contribution in [1.29, 1.82) is 0 Å². The summed E-state index contributed by atoms with van der Waals surface area (Å²) in [5.41, 5.74) is 13.5. The van der Waals surface area contributed by atoms with Gasteiger partial charge < -0.3 is 25.8 Å². The number of hydrogen-bond acceptors (Lipinski definition) is 7. The van der Waals surface area contributed by atoms with Crippen LogP contribution in [-0.4, -0.2) is 48.1 Å². The number of carbonyl (C=O) groups is 2. The summed E-state index contributed by atoms with van der Waals surface area (Å²) in [4.78, 5) is 48.0. The van der Waals surface area contributed by atoms with Crippen LogP contribution in [0.4, 0.5) is 5.69 Å². The van der Waals surface area contributed by atoms with Crippen molar-refractivity contribution in [2.75, 3.05) is 13.2 Å². The van der Waals surface area contributed by atoms with Crippen molar-refractivity contribution < 1.29 is 28.7 Å². The van der Waals surface area contributed by atoms with Gasteiger partial charge in [0.1, 0.15) is 5.75 Å². The quantitative estimate of drug-likeness (QED) is 0.155. The summed E-state index contributed by atoms with van der Waals surface area (Å²) in [7, 11) is 0. The van der Waals surface area contributed by atoms with Gasteiger partial charge in [-0.25, -0.2) is 9.79 Å². The van der Waals surface area contributed by atoms with Crippen LogP contribution in [0.15, 0.2) is 77.8 Å². The van der Waals surface area contributed by atoms with E-state index in [1.54, 1.807) is 42.5 Å². The second-order valence-electron chi connectivity index (χ2n) is 9.16. The molecule has 10 nitrogen and oxygen atoms in total. The van der Waals surface area contributed by atoms with Crippen LogP contribution in [0.2, 0.25) is 5.02 Å². The zero-order valence-corrected chi connectivity index (χ0v) is 24.3. The van der Waals surface area contributed by atoms with Crippen LogP contribution < -0.4 is 16.2 Å². The van der Waals surface area contributed by atoms with E-state index in [2.05, 4.69) is 4.99 Å². The van der Waals surface area contributed by atoms with Crippen molar-refractivity contribution in [1.82, 2.24) is 4.90 Å². The molecule has 3 aromatic rings. The van der Waals surface area contributed by atoms with Gasteiger partial charge in [0.05, 0.1) is 11.3 Å². The predicted octanol–water partition coefficient (Wildman–Crippen LogP) is 4.44. The lowest BCUT2D eigenvalue weighted by atomic mass is 10.0. The maximum Gasteiger partial charge on any atom is 0.373 e. The average Bonchev–Trinajstić information content (AvgIpc) is 2.97. The fraction of sp³-hybridized carbons (Fsp3) is 0.267. The number of amides is 1. The van der Waals surface area contributed by atoms with E-state index in [9.17, 15) is 9.59 Å². The highest BCUT2D eigenvalue weighted by Gasteiger charge is 2.26. The normalized spacial score (nSPS) is 12.4. The third-order valence-corrected chi connectivity index (χ3v) is 6.70. The van der Waals surface area contributed by atoms with Crippen molar-refractivity contribution in [2.45, 2.75) is 38.3 Å². The Labute approximate surface area is 255 Å². The van der Waals surface area contributed by atoms with E-state index < -0.39 is 5.97 Å². The molecule has 0 aliphatic carbocycles. The molecule has 4 N–H and O–H groups in total. The molecule has 0 unspecified atom stereocenters. The van der Waals surface area contributed by atoms with Gasteiger partial charge in [0.2, 0.25) is 5.91 Å². The van der Waals surface area contributed by atoms with E-state index in [-0.39, 0.29) is 36.5 Å². The number of nitrogens with zero attached hydrogens (tertiary/aromatic N) is 2. The third kappa shape index (κ3) is 10.6. The van der Waals surface area contributed by atoms with Crippen molar-refractivity contribution in [3.8, 4) is 5.75 Å². The van der Waals surface area contributed by atoms with Gasteiger partial charge >= 0.3 is 12.1 Å². The smallest absolute Gasteiger partial charge is 0.373 e. The first kappa shape index (κ1) is 34.0. The Balaban J connectivity index is 0.00000148. The molecule has 0 bridgehead atoms. The van der Waals surface area contributed by atoms with E-state index in [4.69, 9.17) is 42.1 Å². The fourth-order valence-electron chi connectivity index (χ4n) is 4.36. The molecule has 1 heterocycles. The molecule has 42 heavy (non-hydrogen) atoms. The number of aliphatic imine (C=N–C) groups is 1. The Morgan fingerprint density at radius 1 is 1.00 bits per heavy atom. The van der Waals surface area contributed by atoms with E-state index in [0.29, 0.717) is 54.6 Å².